The number of nitrogens with zero attached hydrogens (tertiary/aromatic N) is 4. The van der Waals surface area contributed by atoms with Crippen molar-refractivity contribution in [3.8, 4) is 5.88 Å². The standard InChI is InChI=1S/C20H25N5O3/c1-12-8-17(24(2)23-12)18(26)21-10-13-9-15-16(22-19(13)28-3)11-25(20(15)27)14-6-4-5-7-14/h8-9,14H,4-7,10-11H2,1-3H3,(H,21,26). The maximum atomic E-state index is 12.9. The van der Waals surface area contributed by atoms with Gasteiger partial charge in [-0.05, 0) is 31.9 Å². The van der Waals surface area contributed by atoms with Gasteiger partial charge in [-0.3, -0.25) is 14.3 Å². The van der Waals surface area contributed by atoms with Crippen molar-refractivity contribution in [1.29, 1.82) is 0 Å². The molecule has 2 aromatic heterocycles. The van der Waals surface area contributed by atoms with E-state index in [9.17, 15) is 9.59 Å². The van der Waals surface area contributed by atoms with Gasteiger partial charge in [0.1, 0.15) is 5.69 Å². The molecule has 1 aliphatic heterocycles. The average molecular weight is 383 g/mol. The van der Waals surface area contributed by atoms with E-state index in [-0.39, 0.29) is 18.4 Å². The number of fused-ring (bicyclic) bond motifs is 1. The summed E-state index contributed by atoms with van der Waals surface area (Å²) in [5.41, 5.74) is 3.32. The molecule has 0 spiro atoms. The molecule has 0 aromatic carbocycles. The highest BCUT2D eigenvalue weighted by Crippen LogP contribution is 2.33. The first-order valence-electron chi connectivity index (χ1n) is 9.64. The van der Waals surface area contributed by atoms with Crippen molar-refractivity contribution < 1.29 is 14.3 Å². The second kappa shape index (κ2) is 7.26. The molecule has 1 fully saturated rings. The molecule has 8 nitrogen and oxygen atoms in total. The predicted molar refractivity (Wildman–Crippen MR) is 102 cm³/mol. The molecule has 0 bridgehead atoms. The van der Waals surface area contributed by atoms with Gasteiger partial charge in [0, 0.05) is 25.2 Å². The molecular weight excluding hydrogens is 358 g/mol. The fourth-order valence-electron chi connectivity index (χ4n) is 4.17. The van der Waals surface area contributed by atoms with E-state index in [2.05, 4.69) is 15.4 Å². The zero-order valence-electron chi connectivity index (χ0n) is 16.5. The van der Waals surface area contributed by atoms with Crippen LogP contribution >= 0.6 is 0 Å². The van der Waals surface area contributed by atoms with Gasteiger partial charge < -0.3 is 15.0 Å². The maximum absolute atomic E-state index is 12.9. The summed E-state index contributed by atoms with van der Waals surface area (Å²) in [4.78, 5) is 31.9. The summed E-state index contributed by atoms with van der Waals surface area (Å²) >= 11 is 0. The Morgan fingerprint density at radius 1 is 1.32 bits per heavy atom. The second-order valence-corrected chi connectivity index (χ2v) is 7.50. The summed E-state index contributed by atoms with van der Waals surface area (Å²) < 4.78 is 6.97. The molecule has 1 aliphatic carbocycles. The number of hydrogen-bond donors (Lipinski definition) is 1. The Balaban J connectivity index is 1.53. The van der Waals surface area contributed by atoms with Crippen LogP contribution in [-0.2, 0) is 20.1 Å². The molecule has 1 saturated carbocycles. The summed E-state index contributed by atoms with van der Waals surface area (Å²) in [5, 5.41) is 7.06. The van der Waals surface area contributed by atoms with Crippen LogP contribution in [0, 0.1) is 6.92 Å². The Bertz CT molecular complexity index is 930. The van der Waals surface area contributed by atoms with Crippen molar-refractivity contribution in [1.82, 2.24) is 25.0 Å². The van der Waals surface area contributed by atoms with E-state index >= 15 is 0 Å². The SMILES string of the molecule is COc1nc2c(cc1CNC(=O)c1cc(C)nn1C)C(=O)N(C1CCCC1)C2. The third-order valence-electron chi connectivity index (χ3n) is 5.58. The van der Waals surface area contributed by atoms with Crippen LogP contribution in [0.3, 0.4) is 0 Å². The number of hydrogen-bond acceptors (Lipinski definition) is 5. The topological polar surface area (TPSA) is 89.3 Å². The fraction of sp³-hybridized carbons (Fsp3) is 0.500. The Labute approximate surface area is 163 Å². The second-order valence-electron chi connectivity index (χ2n) is 7.50. The van der Waals surface area contributed by atoms with Gasteiger partial charge in [-0.2, -0.15) is 5.10 Å². The van der Waals surface area contributed by atoms with Crippen LogP contribution in [0.5, 0.6) is 5.88 Å². The van der Waals surface area contributed by atoms with Gasteiger partial charge in [-0.15, -0.1) is 0 Å². The third kappa shape index (κ3) is 3.23. The van der Waals surface area contributed by atoms with Crippen LogP contribution in [0.1, 0.15) is 63.5 Å². The monoisotopic (exact) mass is 383 g/mol. The zero-order chi connectivity index (χ0) is 19.8. The highest BCUT2D eigenvalue weighted by atomic mass is 16.5. The van der Waals surface area contributed by atoms with E-state index in [0.29, 0.717) is 35.3 Å². The first kappa shape index (κ1) is 18.5. The van der Waals surface area contributed by atoms with Gasteiger partial charge in [0.2, 0.25) is 5.88 Å². The van der Waals surface area contributed by atoms with E-state index in [1.54, 1.807) is 24.9 Å². The molecule has 2 aliphatic rings. The largest absolute Gasteiger partial charge is 0.481 e. The molecule has 3 heterocycles. The first-order chi connectivity index (χ1) is 13.5. The van der Waals surface area contributed by atoms with Gasteiger partial charge in [-0.1, -0.05) is 12.8 Å². The lowest BCUT2D eigenvalue weighted by atomic mass is 10.1. The minimum atomic E-state index is -0.232. The van der Waals surface area contributed by atoms with Crippen LogP contribution in [-0.4, -0.2) is 44.6 Å². The minimum absolute atomic E-state index is 0.0342. The van der Waals surface area contributed by atoms with Crippen LogP contribution in [0.4, 0.5) is 0 Å². The number of carbonyl (C=O) groups excluding carboxylic acids is 2. The molecule has 0 atom stereocenters. The molecule has 148 valence electrons. The van der Waals surface area contributed by atoms with E-state index in [1.807, 2.05) is 17.9 Å². The van der Waals surface area contributed by atoms with Gasteiger partial charge >= 0.3 is 0 Å². The number of rotatable bonds is 5. The third-order valence-corrected chi connectivity index (χ3v) is 5.58. The van der Waals surface area contributed by atoms with Crippen molar-refractivity contribution in [2.75, 3.05) is 7.11 Å². The van der Waals surface area contributed by atoms with Crippen LogP contribution in [0.25, 0.3) is 0 Å². The maximum Gasteiger partial charge on any atom is 0.269 e. The van der Waals surface area contributed by atoms with Crippen LogP contribution in [0.15, 0.2) is 12.1 Å². The highest BCUT2D eigenvalue weighted by molar-refractivity contribution is 5.98. The number of pyridine rings is 1. The van der Waals surface area contributed by atoms with Crippen molar-refractivity contribution in [3.05, 3.63) is 40.3 Å². The summed E-state index contributed by atoms with van der Waals surface area (Å²) in [7, 11) is 3.28. The minimum Gasteiger partial charge on any atom is -0.481 e. The van der Waals surface area contributed by atoms with E-state index in [1.165, 1.54) is 12.8 Å². The van der Waals surface area contributed by atoms with Crippen molar-refractivity contribution in [2.24, 2.45) is 7.05 Å². The molecule has 2 aromatic rings. The Hall–Kier alpha value is -2.90. The lowest BCUT2D eigenvalue weighted by molar-refractivity contribution is 0.0706. The summed E-state index contributed by atoms with van der Waals surface area (Å²) in [6.07, 6.45) is 4.46. The molecule has 1 N–H and O–H groups in total. The highest BCUT2D eigenvalue weighted by Gasteiger charge is 2.36. The zero-order valence-corrected chi connectivity index (χ0v) is 16.5. The Morgan fingerprint density at radius 2 is 2.07 bits per heavy atom. The molecule has 4 rings (SSSR count). The Kier molecular flexibility index (Phi) is 4.78. The number of ether oxygens (including phenoxy) is 1. The number of carbonyl (C=O) groups is 2. The van der Waals surface area contributed by atoms with Gasteiger partial charge in [0.15, 0.2) is 0 Å². The molecule has 8 heteroatoms. The summed E-state index contributed by atoms with van der Waals surface area (Å²) in [6.45, 7) is 2.60. The van der Waals surface area contributed by atoms with Crippen LogP contribution in [0.2, 0.25) is 0 Å². The number of methoxy groups -OCH3 is 1. The summed E-state index contributed by atoms with van der Waals surface area (Å²) in [5.74, 6) is 0.248. The molecule has 0 unspecified atom stereocenters. The van der Waals surface area contributed by atoms with Gasteiger partial charge in [0.25, 0.3) is 11.8 Å². The van der Waals surface area contributed by atoms with E-state index < -0.39 is 0 Å². The van der Waals surface area contributed by atoms with E-state index in [0.717, 1.165) is 24.2 Å². The predicted octanol–water partition coefficient (Wildman–Crippen LogP) is 1.96. The number of aryl methyl sites for hydroxylation is 2. The van der Waals surface area contributed by atoms with Crippen molar-refractivity contribution >= 4 is 11.8 Å². The summed E-state index contributed by atoms with van der Waals surface area (Å²) in [6, 6.07) is 3.85. The van der Waals surface area contributed by atoms with E-state index in [4.69, 9.17) is 4.74 Å². The van der Waals surface area contributed by atoms with Crippen LogP contribution < -0.4 is 10.1 Å². The lowest BCUT2D eigenvalue weighted by Crippen LogP contribution is -2.33. The Morgan fingerprint density at radius 3 is 2.71 bits per heavy atom. The van der Waals surface area contributed by atoms with Gasteiger partial charge in [-0.25, -0.2) is 4.98 Å². The number of amides is 2. The average Bonchev–Trinajstić information content (AvgIpc) is 3.39. The quantitative estimate of drug-likeness (QED) is 0.853. The van der Waals surface area contributed by atoms with Crippen molar-refractivity contribution in [2.45, 2.75) is 51.7 Å². The van der Waals surface area contributed by atoms with Gasteiger partial charge in [0.05, 0.1) is 30.6 Å². The lowest BCUT2D eigenvalue weighted by Gasteiger charge is -2.22. The molecule has 28 heavy (non-hydrogen) atoms. The fourth-order valence-corrected chi connectivity index (χ4v) is 4.17. The number of aromatic nitrogens is 3. The first-order valence-corrected chi connectivity index (χ1v) is 9.64. The smallest absolute Gasteiger partial charge is 0.269 e. The molecule has 0 saturated heterocycles. The molecule has 2 amide bonds. The molecular formula is C20H25N5O3. The van der Waals surface area contributed by atoms with Crippen molar-refractivity contribution in [3.63, 3.8) is 0 Å². The molecule has 0 radical (unpaired) electrons. The number of nitrogens with one attached hydrogen (secondary N) is 1. The normalized spacial score (nSPS) is 16.5.